The second kappa shape index (κ2) is 11.7. The fraction of sp³-hybridized carbons (Fsp3) is 0.107. The van der Waals surface area contributed by atoms with E-state index in [1.165, 1.54) is 24.3 Å². The van der Waals surface area contributed by atoms with Crippen molar-refractivity contribution < 1.29 is 17.9 Å². The summed E-state index contributed by atoms with van der Waals surface area (Å²) < 4.78 is 33.7. The number of guanidine groups is 1. The van der Waals surface area contributed by atoms with E-state index in [4.69, 9.17) is 10.5 Å². The van der Waals surface area contributed by atoms with Gasteiger partial charge in [-0.25, -0.2) is 14.8 Å². The topological polar surface area (TPSA) is 140 Å². The number of ether oxygens (including phenoxy) is 1. The molecule has 0 amide bonds. The molecule has 0 saturated heterocycles. The lowest BCUT2D eigenvalue weighted by molar-refractivity contribution is 0.0596. The van der Waals surface area contributed by atoms with Crippen LogP contribution < -0.4 is 5.73 Å². The Labute approximate surface area is 226 Å². The summed E-state index contributed by atoms with van der Waals surface area (Å²) in [6.45, 7) is 3.51. The number of aromatic nitrogens is 2. The van der Waals surface area contributed by atoms with Crippen molar-refractivity contribution in [1.29, 1.82) is 0 Å². The molecule has 0 aliphatic rings. The number of nitrogens with zero attached hydrogens (tertiary/aromatic N) is 5. The Morgan fingerprint density at radius 2 is 1.36 bits per heavy atom. The Kier molecular flexibility index (Phi) is 8.11. The van der Waals surface area contributed by atoms with Crippen molar-refractivity contribution >= 4 is 33.6 Å². The van der Waals surface area contributed by atoms with E-state index in [1.807, 2.05) is 12.1 Å². The van der Waals surface area contributed by atoms with Crippen LogP contribution >= 0.6 is 0 Å². The number of nitrogens with two attached hydrogens (primary N) is 1. The quantitative estimate of drug-likeness (QED) is 0.161. The van der Waals surface area contributed by atoms with Crippen LogP contribution in [0.5, 0.6) is 0 Å². The molecule has 0 fully saturated rings. The number of aliphatic imine (C=N–C) groups is 1. The van der Waals surface area contributed by atoms with Gasteiger partial charge in [0.1, 0.15) is 4.90 Å². The maximum absolute atomic E-state index is 14.1. The molecule has 0 aliphatic carbocycles. The van der Waals surface area contributed by atoms with Gasteiger partial charge in [0.2, 0.25) is 5.96 Å². The number of carbonyl (C=O) groups is 1. The number of benzene rings is 3. The van der Waals surface area contributed by atoms with Crippen molar-refractivity contribution in [2.24, 2.45) is 15.8 Å². The zero-order valence-electron chi connectivity index (χ0n) is 21.5. The van der Waals surface area contributed by atoms with Crippen LogP contribution in [0.15, 0.2) is 106 Å². The number of carbonyl (C=O) groups excluding carboxylic acids is 1. The lowest BCUT2D eigenvalue weighted by atomic mass is 10.0. The fourth-order valence-electron chi connectivity index (χ4n) is 3.76. The summed E-state index contributed by atoms with van der Waals surface area (Å²) in [7, 11) is -3.44. The normalized spacial score (nSPS) is 11.5. The lowest BCUT2D eigenvalue weighted by Crippen LogP contribution is -2.39. The van der Waals surface area contributed by atoms with Crippen LogP contribution in [-0.2, 0) is 14.8 Å². The first-order chi connectivity index (χ1) is 18.7. The van der Waals surface area contributed by atoms with Gasteiger partial charge >= 0.3 is 5.97 Å². The van der Waals surface area contributed by atoms with Gasteiger partial charge < -0.3 is 10.5 Å². The van der Waals surface area contributed by atoms with Crippen LogP contribution in [0.3, 0.4) is 0 Å². The van der Waals surface area contributed by atoms with E-state index < -0.39 is 22.0 Å². The number of methoxy groups -OCH3 is 1. The SMILES string of the molecule is COC(=O)c1ccccc1S(=O)(=O)N(N=C(c1ccccc1)c1ccccc1)C(N)=Nc1nc(C)cc(C)n1. The number of sulfonamides is 1. The highest BCUT2D eigenvalue weighted by atomic mass is 32.2. The number of hydrazone groups is 1. The Morgan fingerprint density at radius 1 is 0.846 bits per heavy atom. The summed E-state index contributed by atoms with van der Waals surface area (Å²) in [6, 6.07) is 25.4. The van der Waals surface area contributed by atoms with Gasteiger partial charge in [-0.15, -0.1) is 4.41 Å². The molecule has 1 heterocycles. The molecule has 39 heavy (non-hydrogen) atoms. The maximum Gasteiger partial charge on any atom is 0.339 e. The van der Waals surface area contributed by atoms with Crippen LogP contribution in [0.1, 0.15) is 32.9 Å². The highest BCUT2D eigenvalue weighted by Crippen LogP contribution is 2.24. The first-order valence-electron chi connectivity index (χ1n) is 11.8. The second-order valence-corrected chi connectivity index (χ2v) is 10.1. The van der Waals surface area contributed by atoms with Gasteiger partial charge in [0.25, 0.3) is 16.0 Å². The number of rotatable bonds is 7. The van der Waals surface area contributed by atoms with Gasteiger partial charge in [0, 0.05) is 22.5 Å². The highest BCUT2D eigenvalue weighted by Gasteiger charge is 2.32. The third-order valence-electron chi connectivity index (χ3n) is 5.46. The Morgan fingerprint density at radius 3 is 1.90 bits per heavy atom. The van der Waals surface area contributed by atoms with E-state index in [9.17, 15) is 13.2 Å². The lowest BCUT2D eigenvalue weighted by Gasteiger charge is -2.21. The maximum atomic E-state index is 14.1. The monoisotopic (exact) mass is 542 g/mol. The molecule has 10 nitrogen and oxygen atoms in total. The van der Waals surface area contributed by atoms with Gasteiger partial charge in [-0.1, -0.05) is 72.8 Å². The van der Waals surface area contributed by atoms with E-state index in [1.54, 1.807) is 68.4 Å². The van der Waals surface area contributed by atoms with Gasteiger partial charge in [0.15, 0.2) is 0 Å². The van der Waals surface area contributed by atoms with Crippen LogP contribution in [0.25, 0.3) is 0 Å². The third kappa shape index (κ3) is 6.16. The summed E-state index contributed by atoms with van der Waals surface area (Å²) in [6.07, 6.45) is 0. The van der Waals surface area contributed by atoms with E-state index in [0.29, 0.717) is 32.6 Å². The predicted molar refractivity (Wildman–Crippen MR) is 148 cm³/mol. The minimum Gasteiger partial charge on any atom is -0.465 e. The molecule has 0 atom stereocenters. The zero-order chi connectivity index (χ0) is 28.0. The molecule has 11 heteroatoms. The molecule has 3 aromatic carbocycles. The molecule has 198 valence electrons. The predicted octanol–water partition coefficient (Wildman–Crippen LogP) is 3.97. The Balaban J connectivity index is 2.00. The summed E-state index contributed by atoms with van der Waals surface area (Å²) >= 11 is 0. The third-order valence-corrected chi connectivity index (χ3v) is 7.10. The standard InChI is InChI=1S/C28H26N6O4S/c1-19-18-20(2)31-28(30-19)32-27(29)34(39(36,37)24-17-11-10-16-23(24)26(35)38-3)33-25(21-12-6-4-7-13-21)22-14-8-5-9-15-22/h4-18H,1-3H3,(H2,29,30,31,32). The molecule has 0 bridgehead atoms. The largest absolute Gasteiger partial charge is 0.465 e. The van der Waals surface area contributed by atoms with Gasteiger partial charge in [-0.05, 0) is 32.0 Å². The van der Waals surface area contributed by atoms with Crippen molar-refractivity contribution in [3.63, 3.8) is 0 Å². The first kappa shape index (κ1) is 27.1. The first-order valence-corrected chi connectivity index (χ1v) is 13.2. The molecule has 1 aromatic heterocycles. The summed E-state index contributed by atoms with van der Waals surface area (Å²) in [5.74, 6) is -1.40. The van der Waals surface area contributed by atoms with E-state index in [2.05, 4.69) is 20.1 Å². The smallest absolute Gasteiger partial charge is 0.339 e. The Bertz CT molecular complexity index is 1590. The number of esters is 1. The van der Waals surface area contributed by atoms with Crippen LogP contribution in [0.2, 0.25) is 0 Å². The van der Waals surface area contributed by atoms with Gasteiger partial charge in [0.05, 0.1) is 18.4 Å². The van der Waals surface area contributed by atoms with E-state index >= 15 is 0 Å². The van der Waals surface area contributed by atoms with Crippen molar-refractivity contribution in [3.05, 3.63) is 119 Å². The van der Waals surface area contributed by atoms with E-state index in [-0.39, 0.29) is 16.4 Å². The summed E-state index contributed by atoms with van der Waals surface area (Å²) in [5.41, 5.74) is 8.94. The van der Waals surface area contributed by atoms with Crippen molar-refractivity contribution in [3.8, 4) is 0 Å². The molecule has 0 unspecified atom stereocenters. The van der Waals surface area contributed by atoms with Gasteiger partial charge in [-0.2, -0.15) is 18.5 Å². The molecular weight excluding hydrogens is 516 g/mol. The van der Waals surface area contributed by atoms with Gasteiger partial charge in [-0.3, -0.25) is 0 Å². The number of aryl methyl sites for hydroxylation is 2. The van der Waals surface area contributed by atoms with Crippen LogP contribution in [0, 0.1) is 13.8 Å². The number of hydrogen-bond donors (Lipinski definition) is 1. The molecule has 0 aliphatic heterocycles. The average Bonchev–Trinajstić information content (AvgIpc) is 2.93. The Hall–Kier alpha value is -4.90. The molecule has 2 N–H and O–H groups in total. The second-order valence-electron chi connectivity index (χ2n) is 8.34. The fourth-order valence-corrected chi connectivity index (χ4v) is 5.10. The number of hydrogen-bond acceptors (Lipinski definition) is 8. The van der Waals surface area contributed by atoms with Crippen molar-refractivity contribution in [2.45, 2.75) is 18.7 Å². The molecular formula is C28H26N6O4S. The minimum absolute atomic E-state index is 0.0392. The minimum atomic E-state index is -4.60. The highest BCUT2D eigenvalue weighted by molar-refractivity contribution is 7.89. The summed E-state index contributed by atoms with van der Waals surface area (Å²) in [4.78, 5) is 24.8. The summed E-state index contributed by atoms with van der Waals surface area (Å²) in [5, 5.41) is 4.53. The molecule has 4 aromatic rings. The van der Waals surface area contributed by atoms with Crippen LogP contribution in [-0.4, -0.2) is 47.6 Å². The molecule has 0 spiro atoms. The average molecular weight is 543 g/mol. The molecule has 0 radical (unpaired) electrons. The van der Waals surface area contributed by atoms with E-state index in [0.717, 1.165) is 7.11 Å². The zero-order valence-corrected chi connectivity index (χ0v) is 22.3. The van der Waals surface area contributed by atoms with Crippen LogP contribution in [0.4, 0.5) is 5.95 Å². The molecule has 4 rings (SSSR count). The van der Waals surface area contributed by atoms with Crippen molar-refractivity contribution in [2.75, 3.05) is 7.11 Å². The van der Waals surface area contributed by atoms with Crippen molar-refractivity contribution in [1.82, 2.24) is 14.4 Å². The molecule has 0 saturated carbocycles.